The topological polar surface area (TPSA) is 53.9 Å². The summed E-state index contributed by atoms with van der Waals surface area (Å²) in [5.41, 5.74) is 2.15. The minimum absolute atomic E-state index is 0.288. The van der Waals surface area contributed by atoms with Crippen molar-refractivity contribution in [3.8, 4) is 0 Å². The van der Waals surface area contributed by atoms with E-state index in [-0.39, 0.29) is 6.04 Å². The first-order valence-electron chi connectivity index (χ1n) is 8.36. The largest absolute Gasteiger partial charge is 0.356 e. The molecule has 2 aromatic rings. The molecule has 1 aliphatic rings. The van der Waals surface area contributed by atoms with E-state index in [1.54, 1.807) is 0 Å². The van der Waals surface area contributed by atoms with Gasteiger partial charge in [0.05, 0.1) is 5.69 Å². The van der Waals surface area contributed by atoms with E-state index in [1.807, 2.05) is 32.2 Å². The van der Waals surface area contributed by atoms with Crippen molar-refractivity contribution in [2.24, 2.45) is 0 Å². The Bertz CT molecular complexity index is 615. The number of aryl methyl sites for hydroxylation is 2. The number of hydrogen-bond acceptors (Lipinski definition) is 5. The normalized spacial score (nSPS) is 17.3. The molecule has 2 aromatic heterocycles. The molecule has 0 bridgehead atoms. The summed E-state index contributed by atoms with van der Waals surface area (Å²) in [6.45, 7) is 8.23. The lowest BCUT2D eigenvalue weighted by atomic mass is 10.0. The maximum absolute atomic E-state index is 4.58. The summed E-state index contributed by atoms with van der Waals surface area (Å²) in [6, 6.07) is 8.99. The molecule has 5 nitrogen and oxygen atoms in total. The van der Waals surface area contributed by atoms with Gasteiger partial charge in [0.15, 0.2) is 0 Å². The minimum atomic E-state index is 0.288. The molecule has 3 rings (SSSR count). The zero-order valence-electron chi connectivity index (χ0n) is 14.2. The van der Waals surface area contributed by atoms with Crippen LogP contribution in [0.15, 0.2) is 30.5 Å². The molecule has 1 aliphatic heterocycles. The van der Waals surface area contributed by atoms with Gasteiger partial charge in [-0.2, -0.15) is 0 Å². The molecule has 3 heterocycles. The smallest absolute Gasteiger partial charge is 0.132 e. The monoisotopic (exact) mass is 311 g/mol. The van der Waals surface area contributed by atoms with Crippen molar-refractivity contribution < 1.29 is 0 Å². The third-order valence-electron chi connectivity index (χ3n) is 4.39. The minimum Gasteiger partial charge on any atom is -0.356 e. The van der Waals surface area contributed by atoms with Crippen molar-refractivity contribution in [3.63, 3.8) is 0 Å². The van der Waals surface area contributed by atoms with E-state index in [9.17, 15) is 0 Å². The summed E-state index contributed by atoms with van der Waals surface area (Å²) in [7, 11) is 0. The molecule has 0 spiro atoms. The number of pyridine rings is 1. The third-order valence-corrected chi connectivity index (χ3v) is 4.39. The Hall–Kier alpha value is -2.01. The maximum atomic E-state index is 4.58. The van der Waals surface area contributed by atoms with Gasteiger partial charge in [-0.15, -0.1) is 0 Å². The molecule has 0 radical (unpaired) electrons. The molecule has 1 atom stereocenters. The maximum Gasteiger partial charge on any atom is 0.132 e. The molecule has 23 heavy (non-hydrogen) atoms. The summed E-state index contributed by atoms with van der Waals surface area (Å²) in [4.78, 5) is 15.7. The summed E-state index contributed by atoms with van der Waals surface area (Å²) < 4.78 is 0. The highest BCUT2D eigenvalue weighted by atomic mass is 15.2. The quantitative estimate of drug-likeness (QED) is 0.941. The van der Waals surface area contributed by atoms with E-state index in [0.717, 1.165) is 49.0 Å². The van der Waals surface area contributed by atoms with E-state index in [2.05, 4.69) is 44.2 Å². The van der Waals surface area contributed by atoms with Crippen LogP contribution in [0.25, 0.3) is 0 Å². The van der Waals surface area contributed by atoms with Crippen LogP contribution in [0, 0.1) is 13.8 Å². The van der Waals surface area contributed by atoms with Crippen molar-refractivity contribution in [2.75, 3.05) is 18.0 Å². The number of aromatic nitrogens is 3. The molecule has 1 saturated heterocycles. The molecule has 0 unspecified atom stereocenters. The zero-order chi connectivity index (χ0) is 16.2. The van der Waals surface area contributed by atoms with Gasteiger partial charge in [0.1, 0.15) is 11.6 Å². The molecule has 0 saturated carbocycles. The molecule has 122 valence electrons. The average Bonchev–Trinajstić information content (AvgIpc) is 2.55. The van der Waals surface area contributed by atoms with E-state index in [0.29, 0.717) is 6.04 Å². The van der Waals surface area contributed by atoms with E-state index < -0.39 is 0 Å². The Morgan fingerprint density at radius 3 is 2.61 bits per heavy atom. The summed E-state index contributed by atoms with van der Waals surface area (Å²) in [5, 5.41) is 3.71. The highest BCUT2D eigenvalue weighted by molar-refractivity contribution is 5.40. The summed E-state index contributed by atoms with van der Waals surface area (Å²) in [6.07, 6.45) is 4.11. The average molecular weight is 311 g/mol. The third kappa shape index (κ3) is 4.05. The highest BCUT2D eigenvalue weighted by Gasteiger charge is 2.22. The molecule has 1 fully saturated rings. The fourth-order valence-electron chi connectivity index (χ4n) is 3.21. The molecule has 0 amide bonds. The fraction of sp³-hybridized carbons (Fsp3) is 0.500. The first-order valence-corrected chi connectivity index (χ1v) is 8.36. The standard InChI is InChI=1S/C18H25N5/c1-13-12-18(22-15(3)20-13)23-10-7-16(8-11-23)21-14(2)17-6-4-5-9-19-17/h4-6,9,12,14,16,21H,7-8,10-11H2,1-3H3/t14-/m0/s1. The molecule has 1 N–H and O–H groups in total. The van der Waals surface area contributed by atoms with E-state index >= 15 is 0 Å². The molecule has 0 aliphatic carbocycles. The van der Waals surface area contributed by atoms with Gasteiger partial charge in [0.2, 0.25) is 0 Å². The van der Waals surface area contributed by atoms with Crippen LogP contribution in [0.1, 0.15) is 43.0 Å². The Labute approximate surface area is 138 Å². The number of anilines is 1. The molecular formula is C18H25N5. The van der Waals surface area contributed by atoms with Crippen LogP contribution in [-0.4, -0.2) is 34.1 Å². The van der Waals surface area contributed by atoms with Gasteiger partial charge in [-0.05, 0) is 45.7 Å². The number of nitrogens with one attached hydrogen (secondary N) is 1. The van der Waals surface area contributed by atoms with Gasteiger partial charge in [-0.3, -0.25) is 4.98 Å². The second-order valence-electron chi connectivity index (χ2n) is 6.32. The Morgan fingerprint density at radius 1 is 1.17 bits per heavy atom. The molecular weight excluding hydrogens is 286 g/mol. The van der Waals surface area contributed by atoms with Crippen molar-refractivity contribution in [1.29, 1.82) is 0 Å². The predicted molar refractivity (Wildman–Crippen MR) is 92.5 cm³/mol. The number of nitrogens with zero attached hydrogens (tertiary/aromatic N) is 4. The van der Waals surface area contributed by atoms with Gasteiger partial charge in [-0.1, -0.05) is 6.07 Å². The lowest BCUT2D eigenvalue weighted by Gasteiger charge is -2.34. The summed E-state index contributed by atoms with van der Waals surface area (Å²) >= 11 is 0. The van der Waals surface area contributed by atoms with Gasteiger partial charge in [0.25, 0.3) is 0 Å². The second-order valence-corrected chi connectivity index (χ2v) is 6.32. The van der Waals surface area contributed by atoms with E-state index in [1.165, 1.54) is 0 Å². The first-order chi connectivity index (χ1) is 11.1. The van der Waals surface area contributed by atoms with Gasteiger partial charge >= 0.3 is 0 Å². The van der Waals surface area contributed by atoms with Gasteiger partial charge < -0.3 is 10.2 Å². The van der Waals surface area contributed by atoms with Crippen LogP contribution in [0.3, 0.4) is 0 Å². The van der Waals surface area contributed by atoms with Crippen molar-refractivity contribution >= 4 is 5.82 Å². The van der Waals surface area contributed by atoms with Crippen LogP contribution in [0.5, 0.6) is 0 Å². The Balaban J connectivity index is 1.56. The zero-order valence-corrected chi connectivity index (χ0v) is 14.2. The first kappa shape index (κ1) is 15.9. The lowest BCUT2D eigenvalue weighted by Crippen LogP contribution is -2.43. The molecule has 0 aromatic carbocycles. The second kappa shape index (κ2) is 7.04. The van der Waals surface area contributed by atoms with Crippen LogP contribution in [0.4, 0.5) is 5.82 Å². The van der Waals surface area contributed by atoms with Crippen LogP contribution in [-0.2, 0) is 0 Å². The number of piperidine rings is 1. The van der Waals surface area contributed by atoms with Gasteiger partial charge in [-0.25, -0.2) is 9.97 Å². The van der Waals surface area contributed by atoms with Crippen LogP contribution < -0.4 is 10.2 Å². The van der Waals surface area contributed by atoms with Crippen LogP contribution >= 0.6 is 0 Å². The highest BCUT2D eigenvalue weighted by Crippen LogP contribution is 2.20. The SMILES string of the molecule is Cc1cc(N2CCC(N[C@@H](C)c3ccccn3)CC2)nc(C)n1. The Morgan fingerprint density at radius 2 is 1.96 bits per heavy atom. The van der Waals surface area contributed by atoms with Crippen molar-refractivity contribution in [3.05, 3.63) is 47.7 Å². The van der Waals surface area contributed by atoms with Gasteiger partial charge in [0, 0.05) is 43.1 Å². The van der Waals surface area contributed by atoms with Crippen molar-refractivity contribution in [1.82, 2.24) is 20.3 Å². The predicted octanol–water partition coefficient (Wildman–Crippen LogP) is 2.81. The van der Waals surface area contributed by atoms with E-state index in [4.69, 9.17) is 0 Å². The Kier molecular flexibility index (Phi) is 4.86. The fourth-order valence-corrected chi connectivity index (χ4v) is 3.21. The number of hydrogen-bond donors (Lipinski definition) is 1. The number of rotatable bonds is 4. The summed E-state index contributed by atoms with van der Waals surface area (Å²) in [5.74, 6) is 1.91. The lowest BCUT2D eigenvalue weighted by molar-refractivity contribution is 0.376. The molecule has 5 heteroatoms. The van der Waals surface area contributed by atoms with Crippen LogP contribution in [0.2, 0.25) is 0 Å². The van der Waals surface area contributed by atoms with Crippen molar-refractivity contribution in [2.45, 2.75) is 45.7 Å².